The highest BCUT2D eigenvalue weighted by Gasteiger charge is 2.14. The summed E-state index contributed by atoms with van der Waals surface area (Å²) in [5.74, 6) is -0.188. The fourth-order valence-electron chi connectivity index (χ4n) is 1.83. The molecule has 0 aliphatic heterocycles. The van der Waals surface area contributed by atoms with Gasteiger partial charge in [-0.2, -0.15) is 0 Å². The van der Waals surface area contributed by atoms with Crippen LogP contribution in [0.5, 0.6) is 0 Å². The van der Waals surface area contributed by atoms with Gasteiger partial charge in [0.15, 0.2) is 0 Å². The van der Waals surface area contributed by atoms with Crippen molar-refractivity contribution < 1.29 is 14.6 Å². The van der Waals surface area contributed by atoms with Crippen LogP contribution in [0.25, 0.3) is 0 Å². The number of ether oxygens (including phenoxy) is 1. The third kappa shape index (κ3) is 4.09. The van der Waals surface area contributed by atoms with Gasteiger partial charge in [0.05, 0.1) is 12.7 Å². The minimum Gasteiger partial charge on any atom is -0.512 e. The van der Waals surface area contributed by atoms with Gasteiger partial charge in [0.25, 0.3) is 0 Å². The molecule has 3 nitrogen and oxygen atoms in total. The maximum Gasteiger partial charge on any atom is 0.337 e. The lowest BCUT2D eigenvalue weighted by Crippen LogP contribution is -2.08. The van der Waals surface area contributed by atoms with E-state index < -0.39 is 5.97 Å². The molecule has 0 bridgehead atoms. The summed E-state index contributed by atoms with van der Waals surface area (Å²) >= 11 is 0. The monoisotopic (exact) mass is 224 g/mol. The smallest absolute Gasteiger partial charge is 0.337 e. The van der Waals surface area contributed by atoms with E-state index in [-0.39, 0.29) is 5.76 Å². The molecule has 90 valence electrons. The lowest BCUT2D eigenvalue weighted by atomic mass is 10.1. The van der Waals surface area contributed by atoms with Gasteiger partial charge in [-0.1, -0.05) is 18.6 Å². The topological polar surface area (TPSA) is 46.5 Å². The molecule has 0 amide bonds. The maximum atomic E-state index is 11.5. The first kappa shape index (κ1) is 12.8. The number of aliphatic hydroxyl groups excluding tert-OH is 1. The van der Waals surface area contributed by atoms with Crippen molar-refractivity contribution in [3.05, 3.63) is 23.5 Å². The summed E-state index contributed by atoms with van der Waals surface area (Å²) in [7, 11) is 1.35. The van der Waals surface area contributed by atoms with Gasteiger partial charge in [0, 0.05) is 6.42 Å². The highest BCUT2D eigenvalue weighted by molar-refractivity contribution is 5.88. The predicted molar refractivity (Wildman–Crippen MR) is 63.1 cm³/mol. The molecule has 0 aromatic carbocycles. The molecular weight excluding hydrogens is 204 g/mol. The zero-order chi connectivity index (χ0) is 11.8. The van der Waals surface area contributed by atoms with Crippen molar-refractivity contribution >= 4 is 5.97 Å². The Morgan fingerprint density at radius 1 is 1.19 bits per heavy atom. The van der Waals surface area contributed by atoms with Crippen LogP contribution in [0.15, 0.2) is 23.5 Å². The molecule has 0 atom stereocenters. The SMILES string of the molecule is COC(=O)/C1=C(\O)CCCCC/C=C\CC1. The Morgan fingerprint density at radius 3 is 2.69 bits per heavy atom. The van der Waals surface area contributed by atoms with Crippen molar-refractivity contribution in [1.82, 2.24) is 0 Å². The largest absolute Gasteiger partial charge is 0.512 e. The van der Waals surface area contributed by atoms with E-state index in [9.17, 15) is 9.90 Å². The summed E-state index contributed by atoms with van der Waals surface area (Å²) in [6.07, 6.45) is 10.4. The highest BCUT2D eigenvalue weighted by atomic mass is 16.5. The number of esters is 1. The van der Waals surface area contributed by atoms with Gasteiger partial charge in [-0.25, -0.2) is 4.79 Å². The first-order valence-electron chi connectivity index (χ1n) is 5.90. The van der Waals surface area contributed by atoms with Crippen molar-refractivity contribution in [3.8, 4) is 0 Å². The maximum absolute atomic E-state index is 11.5. The van der Waals surface area contributed by atoms with E-state index in [0.717, 1.165) is 32.1 Å². The van der Waals surface area contributed by atoms with E-state index in [2.05, 4.69) is 16.9 Å². The van der Waals surface area contributed by atoms with Gasteiger partial charge in [0.1, 0.15) is 5.76 Å². The van der Waals surface area contributed by atoms with Crippen LogP contribution in [-0.4, -0.2) is 18.2 Å². The number of allylic oxidation sites excluding steroid dienone is 3. The van der Waals surface area contributed by atoms with E-state index in [1.54, 1.807) is 0 Å². The molecular formula is C13H20O3. The van der Waals surface area contributed by atoms with Gasteiger partial charge in [-0.05, 0) is 32.1 Å². The lowest BCUT2D eigenvalue weighted by Gasteiger charge is -2.07. The van der Waals surface area contributed by atoms with Crippen LogP contribution in [0.1, 0.15) is 44.9 Å². The molecule has 3 heteroatoms. The minimum atomic E-state index is -0.398. The molecule has 1 N–H and O–H groups in total. The Hall–Kier alpha value is -1.25. The molecule has 0 aromatic rings. The van der Waals surface area contributed by atoms with Gasteiger partial charge in [-0.15, -0.1) is 0 Å². The van der Waals surface area contributed by atoms with Crippen LogP contribution in [0.3, 0.4) is 0 Å². The van der Waals surface area contributed by atoms with E-state index in [1.165, 1.54) is 7.11 Å². The van der Waals surface area contributed by atoms with Crippen molar-refractivity contribution in [2.75, 3.05) is 7.11 Å². The lowest BCUT2D eigenvalue weighted by molar-refractivity contribution is -0.136. The number of aliphatic hydroxyl groups is 1. The Labute approximate surface area is 96.8 Å². The molecule has 1 aliphatic rings. The summed E-state index contributed by atoms with van der Waals surface area (Å²) < 4.78 is 4.68. The third-order valence-corrected chi connectivity index (χ3v) is 2.79. The van der Waals surface area contributed by atoms with Crippen molar-refractivity contribution in [1.29, 1.82) is 0 Å². The molecule has 0 saturated carbocycles. The molecule has 0 heterocycles. The predicted octanol–water partition coefficient (Wildman–Crippen LogP) is 3.27. The molecule has 16 heavy (non-hydrogen) atoms. The first-order valence-corrected chi connectivity index (χ1v) is 5.90. The highest BCUT2D eigenvalue weighted by Crippen LogP contribution is 2.19. The standard InChI is InChI=1S/C13H20O3/c1-16-13(15)11-9-7-5-3-2-4-6-8-10-12(11)14/h3,5,14H,2,4,6-10H2,1H3/b5-3-,12-11-. The average molecular weight is 224 g/mol. The second-order valence-electron chi connectivity index (χ2n) is 4.03. The van der Waals surface area contributed by atoms with E-state index >= 15 is 0 Å². The Bertz CT molecular complexity index is 290. The molecule has 0 fully saturated rings. The number of hydrogen-bond acceptors (Lipinski definition) is 3. The summed E-state index contributed by atoms with van der Waals surface area (Å²) in [5, 5.41) is 9.84. The minimum absolute atomic E-state index is 0.210. The molecule has 0 unspecified atom stereocenters. The van der Waals surface area contributed by atoms with Gasteiger partial charge >= 0.3 is 5.97 Å². The first-order chi connectivity index (χ1) is 7.75. The quantitative estimate of drug-likeness (QED) is 0.549. The fraction of sp³-hybridized carbons (Fsp3) is 0.615. The second kappa shape index (κ2) is 7.09. The van der Waals surface area contributed by atoms with Crippen LogP contribution in [0, 0.1) is 0 Å². The van der Waals surface area contributed by atoms with Crippen LogP contribution < -0.4 is 0 Å². The number of carbonyl (C=O) groups excluding carboxylic acids is 1. The fourth-order valence-corrected chi connectivity index (χ4v) is 1.83. The third-order valence-electron chi connectivity index (χ3n) is 2.79. The van der Waals surface area contributed by atoms with Gasteiger partial charge in [-0.3, -0.25) is 0 Å². The molecule has 0 aromatic heterocycles. The van der Waals surface area contributed by atoms with Crippen LogP contribution in [0.4, 0.5) is 0 Å². The van der Waals surface area contributed by atoms with E-state index in [0.29, 0.717) is 18.4 Å². The summed E-state index contributed by atoms with van der Waals surface area (Å²) in [6, 6.07) is 0. The molecule has 1 rings (SSSR count). The van der Waals surface area contributed by atoms with Crippen molar-refractivity contribution in [2.45, 2.75) is 44.9 Å². The molecule has 0 radical (unpaired) electrons. The molecule has 0 spiro atoms. The zero-order valence-corrected chi connectivity index (χ0v) is 9.87. The number of methoxy groups -OCH3 is 1. The van der Waals surface area contributed by atoms with Crippen molar-refractivity contribution in [3.63, 3.8) is 0 Å². The van der Waals surface area contributed by atoms with Crippen LogP contribution in [-0.2, 0) is 9.53 Å². The van der Waals surface area contributed by atoms with Crippen molar-refractivity contribution in [2.24, 2.45) is 0 Å². The summed E-state index contributed by atoms with van der Waals surface area (Å²) in [6.45, 7) is 0. The normalized spacial score (nSPS) is 25.6. The Kier molecular flexibility index (Phi) is 5.68. The Morgan fingerprint density at radius 2 is 1.94 bits per heavy atom. The van der Waals surface area contributed by atoms with E-state index in [4.69, 9.17) is 0 Å². The van der Waals surface area contributed by atoms with E-state index in [1.807, 2.05) is 0 Å². The van der Waals surface area contributed by atoms with Crippen LogP contribution in [0.2, 0.25) is 0 Å². The van der Waals surface area contributed by atoms with Crippen LogP contribution >= 0.6 is 0 Å². The number of carbonyl (C=O) groups is 1. The summed E-state index contributed by atoms with van der Waals surface area (Å²) in [5.41, 5.74) is 0.439. The average Bonchev–Trinajstić information content (AvgIpc) is 2.34. The second-order valence-corrected chi connectivity index (χ2v) is 4.03. The number of hydrogen-bond donors (Lipinski definition) is 1. The zero-order valence-electron chi connectivity index (χ0n) is 9.87. The van der Waals surface area contributed by atoms with Gasteiger partial charge in [0.2, 0.25) is 0 Å². The molecule has 1 aliphatic carbocycles. The number of rotatable bonds is 1. The summed E-state index contributed by atoms with van der Waals surface area (Å²) in [4.78, 5) is 11.5. The van der Waals surface area contributed by atoms with Gasteiger partial charge < -0.3 is 9.84 Å². The molecule has 0 saturated heterocycles. The Balaban J connectivity index is 2.74.